The lowest BCUT2D eigenvalue weighted by atomic mass is 9.93. The van der Waals surface area contributed by atoms with Crippen molar-refractivity contribution in [2.45, 2.75) is 51.3 Å². The molecule has 0 radical (unpaired) electrons. The maximum absolute atomic E-state index is 13.1. The number of fused-ring (bicyclic) bond motifs is 1. The highest BCUT2D eigenvalue weighted by molar-refractivity contribution is 6.04. The summed E-state index contributed by atoms with van der Waals surface area (Å²) in [5, 5.41) is 19.3. The van der Waals surface area contributed by atoms with Gasteiger partial charge in [-0.1, -0.05) is 12.0 Å². The van der Waals surface area contributed by atoms with Crippen LogP contribution in [0.1, 0.15) is 38.2 Å². The van der Waals surface area contributed by atoms with Gasteiger partial charge < -0.3 is 25.6 Å². The third kappa shape index (κ3) is 6.07. The van der Waals surface area contributed by atoms with Crippen molar-refractivity contribution in [2.24, 2.45) is 0 Å². The Labute approximate surface area is 219 Å². The van der Waals surface area contributed by atoms with Crippen LogP contribution in [-0.2, 0) is 11.3 Å². The van der Waals surface area contributed by atoms with Crippen LogP contribution in [0.5, 0.6) is 0 Å². The Morgan fingerprint density at radius 3 is 2.63 bits per heavy atom. The van der Waals surface area contributed by atoms with Crippen molar-refractivity contribution >= 4 is 40.2 Å². The number of aromatic nitrogens is 4. The van der Waals surface area contributed by atoms with Crippen molar-refractivity contribution in [3.8, 4) is 11.8 Å². The van der Waals surface area contributed by atoms with Crippen LogP contribution >= 0.6 is 0 Å². The first-order valence-corrected chi connectivity index (χ1v) is 12.6. The number of hydrogen-bond donors (Lipinski definition) is 4. The van der Waals surface area contributed by atoms with Crippen molar-refractivity contribution in [3.05, 3.63) is 66.2 Å². The first-order valence-electron chi connectivity index (χ1n) is 12.6. The summed E-state index contributed by atoms with van der Waals surface area (Å²) in [4.78, 5) is 26.3. The van der Waals surface area contributed by atoms with E-state index in [1.807, 2.05) is 17.6 Å². The maximum atomic E-state index is 13.1. The Hall–Kier alpha value is -4.49. The number of carbonyl (C=O) groups excluding carboxylic acids is 1. The lowest BCUT2D eigenvalue weighted by Gasteiger charge is -2.26. The Kier molecular flexibility index (Phi) is 7.47. The predicted octanol–water partition coefficient (Wildman–Crippen LogP) is 4.43. The number of imidazole rings is 1. The van der Waals surface area contributed by atoms with Gasteiger partial charge in [0.2, 0.25) is 5.95 Å². The summed E-state index contributed by atoms with van der Waals surface area (Å²) in [6.45, 7) is 2.74. The van der Waals surface area contributed by atoms with E-state index in [-0.39, 0.29) is 18.0 Å². The second-order valence-corrected chi connectivity index (χ2v) is 9.17. The normalized spacial score (nSPS) is 16.9. The van der Waals surface area contributed by atoms with E-state index in [9.17, 15) is 14.3 Å². The molecule has 4 N–H and O–H groups in total. The predicted molar refractivity (Wildman–Crippen MR) is 145 cm³/mol. The number of benzene rings is 2. The molecule has 9 nitrogen and oxygen atoms in total. The fourth-order valence-electron chi connectivity index (χ4n) is 4.37. The van der Waals surface area contributed by atoms with Gasteiger partial charge in [0, 0.05) is 35.4 Å². The molecule has 0 spiro atoms. The first-order chi connectivity index (χ1) is 18.5. The quantitative estimate of drug-likeness (QED) is 0.282. The van der Waals surface area contributed by atoms with Gasteiger partial charge in [0.05, 0.1) is 12.4 Å². The van der Waals surface area contributed by atoms with Crippen molar-refractivity contribution in [2.75, 3.05) is 16.0 Å². The van der Waals surface area contributed by atoms with Crippen molar-refractivity contribution in [1.29, 1.82) is 0 Å². The third-order valence-electron chi connectivity index (χ3n) is 6.38. The topological polar surface area (TPSA) is 117 Å². The van der Waals surface area contributed by atoms with Crippen molar-refractivity contribution in [3.63, 3.8) is 0 Å². The number of aliphatic hydroxyl groups excluding tert-OH is 1. The lowest BCUT2D eigenvalue weighted by Crippen LogP contribution is -2.29. The van der Waals surface area contributed by atoms with E-state index in [4.69, 9.17) is 9.97 Å². The molecule has 4 aromatic rings. The molecule has 2 heterocycles. The number of halogens is 1. The van der Waals surface area contributed by atoms with E-state index in [2.05, 4.69) is 32.8 Å². The van der Waals surface area contributed by atoms with E-state index >= 15 is 0 Å². The number of nitrogens with one attached hydrogen (secondary N) is 3. The number of amides is 1. The van der Waals surface area contributed by atoms with Crippen LogP contribution < -0.4 is 16.0 Å². The standard InChI is InChI=1S/C28H28FN7O2/c1-2-36-17-30-25-26(34-28(35-27(25)36)33-20-11-13-23(37)14-12-20)32-22-5-3-4-21(16-22)31-24(38)15-8-18-6-9-19(29)10-7-18/h3-7,9-10,16-17,20,23,37H,2,11-14H2,1H3,(H,31,38)(H2,32,33,34,35). The SMILES string of the molecule is CCn1cnc2c(Nc3cccc(NC(=O)C#Cc4ccc(F)cc4)c3)nc(NC3CCC(O)CC3)nc21. The minimum absolute atomic E-state index is 0.191. The van der Waals surface area contributed by atoms with Crippen LogP contribution in [0.3, 0.4) is 0 Å². The molecule has 1 amide bonds. The molecule has 0 unspecified atom stereocenters. The zero-order valence-corrected chi connectivity index (χ0v) is 20.9. The second-order valence-electron chi connectivity index (χ2n) is 9.17. The van der Waals surface area contributed by atoms with E-state index in [1.165, 1.54) is 24.3 Å². The zero-order chi connectivity index (χ0) is 26.5. The van der Waals surface area contributed by atoms with Crippen LogP contribution in [0, 0.1) is 17.7 Å². The smallest absolute Gasteiger partial charge is 0.300 e. The Bertz CT molecular complexity index is 1500. The van der Waals surface area contributed by atoms with Gasteiger partial charge in [-0.2, -0.15) is 9.97 Å². The molecule has 38 heavy (non-hydrogen) atoms. The molecule has 0 atom stereocenters. The Balaban J connectivity index is 1.34. The van der Waals surface area contributed by atoms with Gasteiger partial charge in [0.1, 0.15) is 5.82 Å². The molecule has 1 aliphatic carbocycles. The summed E-state index contributed by atoms with van der Waals surface area (Å²) in [5.41, 5.74) is 3.15. The molecule has 2 aromatic carbocycles. The molecule has 5 rings (SSSR count). The molecule has 0 aliphatic heterocycles. The number of aliphatic hydroxyl groups is 1. The summed E-state index contributed by atoms with van der Waals surface area (Å²) in [6.07, 6.45) is 4.71. The summed E-state index contributed by atoms with van der Waals surface area (Å²) < 4.78 is 15.0. The first kappa shape index (κ1) is 25.2. The maximum Gasteiger partial charge on any atom is 0.300 e. The van der Waals surface area contributed by atoms with E-state index in [0.29, 0.717) is 46.4 Å². The molecule has 10 heteroatoms. The molecule has 1 fully saturated rings. The lowest BCUT2D eigenvalue weighted by molar-refractivity contribution is -0.111. The highest BCUT2D eigenvalue weighted by atomic mass is 19.1. The van der Waals surface area contributed by atoms with Gasteiger partial charge >= 0.3 is 5.91 Å². The van der Waals surface area contributed by atoms with Gasteiger partial charge in [0.15, 0.2) is 17.0 Å². The molecule has 2 aromatic heterocycles. The number of carbonyl (C=O) groups is 1. The molecule has 1 saturated carbocycles. The van der Waals surface area contributed by atoms with Crippen LogP contribution in [0.15, 0.2) is 54.9 Å². The number of hydrogen-bond acceptors (Lipinski definition) is 7. The molecular formula is C28H28FN7O2. The Morgan fingerprint density at radius 2 is 1.87 bits per heavy atom. The molecule has 0 bridgehead atoms. The summed E-state index contributed by atoms with van der Waals surface area (Å²) >= 11 is 0. The van der Waals surface area contributed by atoms with E-state index in [1.54, 1.807) is 24.5 Å². The van der Waals surface area contributed by atoms with Crippen LogP contribution in [-0.4, -0.2) is 42.7 Å². The summed E-state index contributed by atoms with van der Waals surface area (Å²) in [7, 11) is 0. The largest absolute Gasteiger partial charge is 0.393 e. The average molecular weight is 514 g/mol. The number of aryl methyl sites for hydroxylation is 1. The monoisotopic (exact) mass is 513 g/mol. The average Bonchev–Trinajstić information content (AvgIpc) is 3.33. The highest BCUT2D eigenvalue weighted by Gasteiger charge is 2.21. The third-order valence-corrected chi connectivity index (χ3v) is 6.38. The minimum Gasteiger partial charge on any atom is -0.393 e. The van der Waals surface area contributed by atoms with Crippen molar-refractivity contribution < 1.29 is 14.3 Å². The summed E-state index contributed by atoms with van der Waals surface area (Å²) in [5.74, 6) is 5.44. The molecule has 194 valence electrons. The van der Waals surface area contributed by atoms with Gasteiger partial charge in [-0.05, 0) is 75.1 Å². The van der Waals surface area contributed by atoms with Crippen LogP contribution in [0.25, 0.3) is 11.2 Å². The van der Waals surface area contributed by atoms with Crippen LogP contribution in [0.4, 0.5) is 27.5 Å². The van der Waals surface area contributed by atoms with Gasteiger partial charge in [-0.3, -0.25) is 4.79 Å². The van der Waals surface area contributed by atoms with Gasteiger partial charge in [-0.25, -0.2) is 9.37 Å². The number of anilines is 4. The minimum atomic E-state index is -0.485. The summed E-state index contributed by atoms with van der Waals surface area (Å²) in [6, 6.07) is 13.0. The van der Waals surface area contributed by atoms with Crippen LogP contribution in [0.2, 0.25) is 0 Å². The Morgan fingerprint density at radius 1 is 1.11 bits per heavy atom. The second kappa shape index (κ2) is 11.3. The fourth-order valence-corrected chi connectivity index (χ4v) is 4.37. The molecule has 0 saturated heterocycles. The number of nitrogens with zero attached hydrogens (tertiary/aromatic N) is 4. The fraction of sp³-hybridized carbons (Fsp3) is 0.286. The highest BCUT2D eigenvalue weighted by Crippen LogP contribution is 2.27. The van der Waals surface area contributed by atoms with Gasteiger partial charge in [-0.15, -0.1) is 0 Å². The molecular weight excluding hydrogens is 485 g/mol. The number of rotatable bonds is 6. The van der Waals surface area contributed by atoms with E-state index in [0.717, 1.165) is 25.7 Å². The van der Waals surface area contributed by atoms with E-state index < -0.39 is 5.91 Å². The van der Waals surface area contributed by atoms with Crippen molar-refractivity contribution in [1.82, 2.24) is 19.5 Å². The molecule has 1 aliphatic rings. The van der Waals surface area contributed by atoms with Gasteiger partial charge in [0.25, 0.3) is 0 Å². The zero-order valence-electron chi connectivity index (χ0n) is 20.9.